The number of carbonyl (C=O) groups is 1. The number of carboxylic acid groups (broad SMARTS) is 1. The molecule has 3 heteroatoms. The summed E-state index contributed by atoms with van der Waals surface area (Å²) in [5.41, 5.74) is 0. The Kier molecular flexibility index (Phi) is 13.2. The molecule has 0 rings (SSSR count). The van der Waals surface area contributed by atoms with Crippen molar-refractivity contribution >= 4 is 5.97 Å². The Bertz CT molecular complexity index is 173. The number of carboxylic acids is 1. The van der Waals surface area contributed by atoms with Crippen molar-refractivity contribution in [2.75, 3.05) is 6.54 Å². The van der Waals surface area contributed by atoms with E-state index in [1.807, 2.05) is 20.8 Å². The number of nitrogens with one attached hydrogen (secondary N) is 1. The zero-order valence-electron chi connectivity index (χ0n) is 9.34. The Hall–Kier alpha value is -1.01. The smallest absolute Gasteiger partial charge is 0.303 e. The molecule has 2 N–H and O–H groups in total. The van der Waals surface area contributed by atoms with Crippen molar-refractivity contribution in [3.05, 3.63) is 0 Å². The predicted molar refractivity (Wildman–Crippen MR) is 59.1 cm³/mol. The van der Waals surface area contributed by atoms with E-state index in [9.17, 15) is 4.79 Å². The SMILES string of the molecule is C#CC(CCC(=O)O)NCCC.CC. The first-order chi connectivity index (χ1) is 6.70. The Balaban J connectivity index is 0. The lowest BCUT2D eigenvalue weighted by molar-refractivity contribution is -0.137. The fraction of sp³-hybridized carbons (Fsp3) is 0.727. The summed E-state index contributed by atoms with van der Waals surface area (Å²) in [6.07, 6.45) is 6.84. The van der Waals surface area contributed by atoms with E-state index in [2.05, 4.69) is 11.2 Å². The van der Waals surface area contributed by atoms with Gasteiger partial charge in [0.05, 0.1) is 6.04 Å². The Morgan fingerprint density at radius 3 is 2.50 bits per heavy atom. The third kappa shape index (κ3) is 11.0. The summed E-state index contributed by atoms with van der Waals surface area (Å²) >= 11 is 0. The van der Waals surface area contributed by atoms with E-state index in [0.717, 1.165) is 13.0 Å². The maximum absolute atomic E-state index is 10.2. The van der Waals surface area contributed by atoms with E-state index in [1.165, 1.54) is 0 Å². The van der Waals surface area contributed by atoms with Gasteiger partial charge in [-0.05, 0) is 19.4 Å². The molecule has 0 amide bonds. The maximum Gasteiger partial charge on any atom is 0.303 e. The van der Waals surface area contributed by atoms with Crippen LogP contribution < -0.4 is 5.32 Å². The van der Waals surface area contributed by atoms with Crippen molar-refractivity contribution in [2.45, 2.75) is 46.1 Å². The first-order valence-electron chi connectivity index (χ1n) is 5.12. The van der Waals surface area contributed by atoms with Gasteiger partial charge in [-0.25, -0.2) is 0 Å². The van der Waals surface area contributed by atoms with Crippen molar-refractivity contribution < 1.29 is 9.90 Å². The maximum atomic E-state index is 10.2. The van der Waals surface area contributed by atoms with Gasteiger partial charge < -0.3 is 10.4 Å². The molecule has 0 saturated carbocycles. The van der Waals surface area contributed by atoms with E-state index in [4.69, 9.17) is 11.5 Å². The number of aliphatic carboxylic acids is 1. The zero-order valence-corrected chi connectivity index (χ0v) is 9.34. The van der Waals surface area contributed by atoms with Crippen LogP contribution in [0.25, 0.3) is 0 Å². The average Bonchev–Trinajstić information content (AvgIpc) is 2.21. The normalized spacial score (nSPS) is 10.7. The van der Waals surface area contributed by atoms with E-state index >= 15 is 0 Å². The van der Waals surface area contributed by atoms with Crippen LogP contribution in [0.15, 0.2) is 0 Å². The van der Waals surface area contributed by atoms with E-state index < -0.39 is 5.97 Å². The number of rotatable bonds is 6. The minimum atomic E-state index is -0.798. The van der Waals surface area contributed by atoms with Crippen molar-refractivity contribution in [3.8, 4) is 12.3 Å². The van der Waals surface area contributed by atoms with Crippen LogP contribution in [0.1, 0.15) is 40.0 Å². The molecule has 14 heavy (non-hydrogen) atoms. The molecule has 0 radical (unpaired) electrons. The van der Waals surface area contributed by atoms with Gasteiger partial charge in [-0.2, -0.15) is 0 Å². The molecule has 0 aromatic carbocycles. The van der Waals surface area contributed by atoms with Gasteiger partial charge in [-0.3, -0.25) is 4.79 Å². The first kappa shape index (κ1) is 15.5. The highest BCUT2D eigenvalue weighted by Crippen LogP contribution is 1.95. The van der Waals surface area contributed by atoms with Gasteiger partial charge in [-0.1, -0.05) is 26.7 Å². The second kappa shape index (κ2) is 12.0. The van der Waals surface area contributed by atoms with Gasteiger partial charge >= 0.3 is 5.97 Å². The molecule has 0 aromatic rings. The minimum absolute atomic E-state index is 0.0963. The second-order valence-electron chi connectivity index (χ2n) is 2.61. The minimum Gasteiger partial charge on any atom is -0.481 e. The van der Waals surface area contributed by atoms with Crippen molar-refractivity contribution in [1.29, 1.82) is 0 Å². The highest BCUT2D eigenvalue weighted by molar-refractivity contribution is 5.66. The van der Waals surface area contributed by atoms with Crippen LogP contribution in [0.5, 0.6) is 0 Å². The Labute approximate surface area is 86.9 Å². The van der Waals surface area contributed by atoms with Crippen LogP contribution in [0.3, 0.4) is 0 Å². The van der Waals surface area contributed by atoms with Crippen molar-refractivity contribution in [3.63, 3.8) is 0 Å². The van der Waals surface area contributed by atoms with Gasteiger partial charge in [0.1, 0.15) is 0 Å². The lowest BCUT2D eigenvalue weighted by Gasteiger charge is -2.09. The summed E-state index contributed by atoms with van der Waals surface area (Å²) in [5, 5.41) is 11.5. The number of terminal acetylenes is 1. The van der Waals surface area contributed by atoms with E-state index in [0.29, 0.717) is 6.42 Å². The summed E-state index contributed by atoms with van der Waals surface area (Å²) < 4.78 is 0. The summed E-state index contributed by atoms with van der Waals surface area (Å²) in [6, 6.07) is -0.0963. The topological polar surface area (TPSA) is 49.3 Å². The predicted octanol–water partition coefficient (Wildman–Crippen LogP) is 1.88. The third-order valence-electron chi connectivity index (χ3n) is 1.49. The Morgan fingerprint density at radius 2 is 2.14 bits per heavy atom. The van der Waals surface area contributed by atoms with E-state index in [-0.39, 0.29) is 12.5 Å². The summed E-state index contributed by atoms with van der Waals surface area (Å²) in [6.45, 7) is 6.88. The highest BCUT2D eigenvalue weighted by atomic mass is 16.4. The third-order valence-corrected chi connectivity index (χ3v) is 1.49. The highest BCUT2D eigenvalue weighted by Gasteiger charge is 2.05. The summed E-state index contributed by atoms with van der Waals surface area (Å²) in [4.78, 5) is 10.2. The monoisotopic (exact) mass is 199 g/mol. The van der Waals surface area contributed by atoms with Crippen LogP contribution in [0.2, 0.25) is 0 Å². The number of hydrogen-bond acceptors (Lipinski definition) is 2. The fourth-order valence-electron chi connectivity index (χ4n) is 0.831. The van der Waals surface area contributed by atoms with Gasteiger partial charge in [0.25, 0.3) is 0 Å². The molecule has 0 aliphatic carbocycles. The van der Waals surface area contributed by atoms with Gasteiger partial charge in [0.15, 0.2) is 0 Å². The van der Waals surface area contributed by atoms with Crippen LogP contribution >= 0.6 is 0 Å². The molecular weight excluding hydrogens is 178 g/mol. The lowest BCUT2D eigenvalue weighted by Crippen LogP contribution is -2.28. The molecule has 0 bridgehead atoms. The lowest BCUT2D eigenvalue weighted by atomic mass is 10.1. The number of hydrogen-bond donors (Lipinski definition) is 2. The van der Waals surface area contributed by atoms with Gasteiger partial charge in [0.2, 0.25) is 0 Å². The molecule has 3 nitrogen and oxygen atoms in total. The zero-order chi connectivity index (χ0) is 11.4. The molecule has 0 saturated heterocycles. The molecule has 0 aliphatic rings. The van der Waals surface area contributed by atoms with Crippen LogP contribution in [-0.4, -0.2) is 23.7 Å². The van der Waals surface area contributed by atoms with Gasteiger partial charge in [0, 0.05) is 6.42 Å². The van der Waals surface area contributed by atoms with Gasteiger partial charge in [-0.15, -0.1) is 6.42 Å². The molecule has 1 atom stereocenters. The standard InChI is InChI=1S/C9H15NO2.C2H6/c1-3-7-10-8(4-2)5-6-9(11)12;1-2/h2,8,10H,3,5-7H2,1H3,(H,11,12);1-2H3. The molecule has 1 unspecified atom stereocenters. The van der Waals surface area contributed by atoms with Crippen LogP contribution in [-0.2, 0) is 4.79 Å². The molecule has 0 aromatic heterocycles. The molecule has 82 valence electrons. The summed E-state index contributed by atoms with van der Waals surface area (Å²) in [5.74, 6) is 1.72. The largest absolute Gasteiger partial charge is 0.481 e. The molecule has 0 fully saturated rings. The summed E-state index contributed by atoms with van der Waals surface area (Å²) in [7, 11) is 0. The van der Waals surface area contributed by atoms with Crippen molar-refractivity contribution in [2.24, 2.45) is 0 Å². The second-order valence-corrected chi connectivity index (χ2v) is 2.61. The van der Waals surface area contributed by atoms with Crippen LogP contribution in [0, 0.1) is 12.3 Å². The van der Waals surface area contributed by atoms with E-state index in [1.54, 1.807) is 0 Å². The molecule has 0 spiro atoms. The van der Waals surface area contributed by atoms with Crippen molar-refractivity contribution in [1.82, 2.24) is 5.32 Å². The quantitative estimate of drug-likeness (QED) is 0.642. The molecule has 0 aliphatic heterocycles. The molecular formula is C11H21NO2. The fourth-order valence-corrected chi connectivity index (χ4v) is 0.831. The average molecular weight is 199 g/mol. The van der Waals surface area contributed by atoms with Crippen LogP contribution in [0.4, 0.5) is 0 Å². The Morgan fingerprint density at radius 1 is 1.57 bits per heavy atom. The first-order valence-corrected chi connectivity index (χ1v) is 5.12. The molecule has 0 heterocycles.